The van der Waals surface area contributed by atoms with Crippen LogP contribution in [0.1, 0.15) is 11.1 Å². The summed E-state index contributed by atoms with van der Waals surface area (Å²) in [7, 11) is 0. The largest absolute Gasteiger partial charge is 0.488 e. The molecule has 1 unspecified atom stereocenters. The number of hydrogen-bond donors (Lipinski definition) is 1. The van der Waals surface area contributed by atoms with Crippen LogP contribution in [-0.4, -0.2) is 12.7 Å². The van der Waals surface area contributed by atoms with Crippen LogP contribution in [0.3, 0.4) is 0 Å². The molecule has 1 heterocycles. The third kappa shape index (κ3) is 2.75. The van der Waals surface area contributed by atoms with Crippen LogP contribution in [0.2, 0.25) is 0 Å². The van der Waals surface area contributed by atoms with Crippen LogP contribution in [0.15, 0.2) is 40.9 Å². The Morgan fingerprint density at radius 3 is 3.00 bits per heavy atom. The number of fused-ring (bicyclic) bond motifs is 1. The van der Waals surface area contributed by atoms with Gasteiger partial charge in [-0.1, -0.05) is 17.7 Å². The molecular formula is C16H16BrNO2. The van der Waals surface area contributed by atoms with Crippen molar-refractivity contribution in [2.24, 2.45) is 0 Å². The molecule has 104 valence electrons. The average molecular weight is 334 g/mol. The summed E-state index contributed by atoms with van der Waals surface area (Å²) in [6.45, 7) is 2.60. The number of ether oxygens (including phenoxy) is 2. The van der Waals surface area contributed by atoms with Crippen molar-refractivity contribution in [2.75, 3.05) is 12.3 Å². The summed E-state index contributed by atoms with van der Waals surface area (Å²) in [4.78, 5) is 0. The van der Waals surface area contributed by atoms with E-state index in [1.807, 2.05) is 24.3 Å². The number of halogens is 1. The zero-order chi connectivity index (χ0) is 14.1. The van der Waals surface area contributed by atoms with E-state index in [0.29, 0.717) is 12.3 Å². The standard InChI is InChI=1S/C16H16BrNO2/c1-10-2-5-15-11(6-10)7-13(20-15)9-19-16-8-12(18)3-4-14(16)17/h2-6,8,13H,7,9,18H2,1H3. The number of aryl methyl sites for hydroxylation is 1. The summed E-state index contributed by atoms with van der Waals surface area (Å²) < 4.78 is 12.6. The molecule has 4 heteroatoms. The number of nitrogen functional groups attached to an aromatic ring is 1. The fourth-order valence-electron chi connectivity index (χ4n) is 2.36. The topological polar surface area (TPSA) is 44.5 Å². The quantitative estimate of drug-likeness (QED) is 0.870. The molecule has 0 radical (unpaired) electrons. The highest BCUT2D eigenvalue weighted by Crippen LogP contribution is 2.31. The van der Waals surface area contributed by atoms with Crippen LogP contribution in [0, 0.1) is 6.92 Å². The van der Waals surface area contributed by atoms with Crippen LogP contribution in [0.4, 0.5) is 5.69 Å². The summed E-state index contributed by atoms with van der Waals surface area (Å²) >= 11 is 3.46. The Labute approximate surface area is 126 Å². The molecule has 1 aliphatic heterocycles. The van der Waals surface area contributed by atoms with Crippen LogP contribution in [-0.2, 0) is 6.42 Å². The first-order valence-electron chi connectivity index (χ1n) is 6.56. The van der Waals surface area contributed by atoms with Crippen molar-refractivity contribution in [3.63, 3.8) is 0 Å². The molecule has 2 N–H and O–H groups in total. The molecule has 3 nitrogen and oxygen atoms in total. The smallest absolute Gasteiger partial charge is 0.137 e. The Bertz CT molecular complexity index is 642. The summed E-state index contributed by atoms with van der Waals surface area (Å²) in [6.07, 6.45) is 0.942. The molecule has 0 spiro atoms. The minimum Gasteiger partial charge on any atom is -0.488 e. The molecule has 0 saturated carbocycles. The summed E-state index contributed by atoms with van der Waals surface area (Å²) in [5.74, 6) is 1.72. The summed E-state index contributed by atoms with van der Waals surface area (Å²) in [5.41, 5.74) is 8.97. The molecule has 0 bridgehead atoms. The van der Waals surface area contributed by atoms with Crippen molar-refractivity contribution in [3.05, 3.63) is 52.0 Å². The molecule has 1 aliphatic rings. The molecule has 0 amide bonds. The molecule has 0 aliphatic carbocycles. The predicted octanol–water partition coefficient (Wildman–Crippen LogP) is 3.72. The average Bonchev–Trinajstić information content (AvgIpc) is 2.81. The zero-order valence-corrected chi connectivity index (χ0v) is 12.8. The van der Waals surface area contributed by atoms with E-state index in [1.54, 1.807) is 0 Å². The van der Waals surface area contributed by atoms with Crippen LogP contribution >= 0.6 is 15.9 Å². The molecule has 2 aromatic rings. The lowest BCUT2D eigenvalue weighted by molar-refractivity contribution is 0.148. The lowest BCUT2D eigenvalue weighted by Crippen LogP contribution is -2.22. The van der Waals surface area contributed by atoms with E-state index in [0.717, 1.165) is 22.4 Å². The summed E-state index contributed by atoms with van der Waals surface area (Å²) in [6, 6.07) is 11.8. The first-order chi connectivity index (χ1) is 9.61. The van der Waals surface area contributed by atoms with Crippen LogP contribution < -0.4 is 15.2 Å². The second-order valence-corrected chi connectivity index (χ2v) is 5.91. The molecule has 2 aromatic carbocycles. The van der Waals surface area contributed by atoms with E-state index in [1.165, 1.54) is 11.1 Å². The van der Waals surface area contributed by atoms with Gasteiger partial charge in [0.15, 0.2) is 0 Å². The molecule has 3 rings (SSSR count). The minimum absolute atomic E-state index is 0.0557. The Morgan fingerprint density at radius 2 is 2.15 bits per heavy atom. The number of benzene rings is 2. The molecular weight excluding hydrogens is 318 g/mol. The van der Waals surface area contributed by atoms with Gasteiger partial charge in [-0.25, -0.2) is 0 Å². The van der Waals surface area contributed by atoms with Crippen molar-refractivity contribution < 1.29 is 9.47 Å². The number of nitrogens with two attached hydrogens (primary N) is 1. The molecule has 1 atom stereocenters. The van der Waals surface area contributed by atoms with Crippen LogP contribution in [0.25, 0.3) is 0 Å². The van der Waals surface area contributed by atoms with Crippen molar-refractivity contribution >= 4 is 21.6 Å². The SMILES string of the molecule is Cc1ccc2c(c1)CC(COc1cc(N)ccc1Br)O2. The van der Waals surface area contributed by atoms with E-state index >= 15 is 0 Å². The van der Waals surface area contributed by atoms with Gasteiger partial charge in [-0.3, -0.25) is 0 Å². The monoisotopic (exact) mass is 333 g/mol. The molecule has 0 saturated heterocycles. The lowest BCUT2D eigenvalue weighted by atomic mass is 10.1. The highest BCUT2D eigenvalue weighted by atomic mass is 79.9. The van der Waals surface area contributed by atoms with Gasteiger partial charge in [-0.2, -0.15) is 0 Å². The highest BCUT2D eigenvalue weighted by molar-refractivity contribution is 9.10. The van der Waals surface area contributed by atoms with E-state index in [2.05, 4.69) is 35.0 Å². The predicted molar refractivity (Wildman–Crippen MR) is 83.3 cm³/mol. The number of hydrogen-bond acceptors (Lipinski definition) is 3. The van der Waals surface area contributed by atoms with Gasteiger partial charge in [0.25, 0.3) is 0 Å². The maximum absolute atomic E-state index is 5.88. The number of rotatable bonds is 3. The van der Waals surface area contributed by atoms with Gasteiger partial charge >= 0.3 is 0 Å². The molecule has 0 fully saturated rings. The Hall–Kier alpha value is -1.68. The van der Waals surface area contributed by atoms with E-state index in [-0.39, 0.29) is 6.10 Å². The molecule has 20 heavy (non-hydrogen) atoms. The fourth-order valence-corrected chi connectivity index (χ4v) is 2.72. The lowest BCUT2D eigenvalue weighted by Gasteiger charge is -2.13. The maximum Gasteiger partial charge on any atom is 0.137 e. The van der Waals surface area contributed by atoms with Gasteiger partial charge in [0.2, 0.25) is 0 Å². The minimum atomic E-state index is 0.0557. The number of anilines is 1. The first-order valence-corrected chi connectivity index (χ1v) is 7.35. The van der Waals surface area contributed by atoms with Gasteiger partial charge in [0.1, 0.15) is 24.2 Å². The van der Waals surface area contributed by atoms with Crippen molar-refractivity contribution in [1.82, 2.24) is 0 Å². The zero-order valence-electron chi connectivity index (χ0n) is 11.2. The van der Waals surface area contributed by atoms with Gasteiger partial charge in [-0.15, -0.1) is 0 Å². The Kier molecular flexibility index (Phi) is 3.57. The van der Waals surface area contributed by atoms with Crippen molar-refractivity contribution in [1.29, 1.82) is 0 Å². The third-order valence-electron chi connectivity index (χ3n) is 3.34. The van der Waals surface area contributed by atoms with Gasteiger partial charge in [0, 0.05) is 18.2 Å². The van der Waals surface area contributed by atoms with E-state index in [4.69, 9.17) is 15.2 Å². The van der Waals surface area contributed by atoms with E-state index in [9.17, 15) is 0 Å². The first kappa shape index (κ1) is 13.3. The summed E-state index contributed by atoms with van der Waals surface area (Å²) in [5, 5.41) is 0. The van der Waals surface area contributed by atoms with Crippen LogP contribution in [0.5, 0.6) is 11.5 Å². The second-order valence-electron chi connectivity index (χ2n) is 5.06. The van der Waals surface area contributed by atoms with Crippen molar-refractivity contribution in [3.8, 4) is 11.5 Å². The third-order valence-corrected chi connectivity index (χ3v) is 3.99. The Balaban J connectivity index is 1.65. The van der Waals surface area contributed by atoms with Gasteiger partial charge < -0.3 is 15.2 Å². The maximum atomic E-state index is 5.88. The Morgan fingerprint density at radius 1 is 1.30 bits per heavy atom. The normalized spacial score (nSPS) is 16.6. The fraction of sp³-hybridized carbons (Fsp3) is 0.250. The van der Waals surface area contributed by atoms with Gasteiger partial charge in [-0.05, 0) is 46.6 Å². The highest BCUT2D eigenvalue weighted by Gasteiger charge is 2.23. The second kappa shape index (κ2) is 5.37. The van der Waals surface area contributed by atoms with Gasteiger partial charge in [0.05, 0.1) is 4.47 Å². The molecule has 0 aromatic heterocycles. The van der Waals surface area contributed by atoms with Crippen molar-refractivity contribution in [2.45, 2.75) is 19.4 Å². The van der Waals surface area contributed by atoms with E-state index < -0.39 is 0 Å².